The maximum atomic E-state index is 9.22. The molecule has 1 aliphatic carbocycles. The van der Waals surface area contributed by atoms with Gasteiger partial charge in [-0.15, -0.1) is 0 Å². The van der Waals surface area contributed by atoms with Crippen LogP contribution < -0.4 is 0 Å². The van der Waals surface area contributed by atoms with Crippen molar-refractivity contribution in [3.05, 3.63) is 35.9 Å². The molecule has 0 spiro atoms. The SMILES string of the molecule is CC[C@@H]1CC=C(c2ccc(O)cc2)CC1. The Morgan fingerprint density at radius 1 is 1.27 bits per heavy atom. The molecule has 1 N–H and O–H groups in total. The van der Waals surface area contributed by atoms with Crippen LogP contribution in [-0.2, 0) is 0 Å². The van der Waals surface area contributed by atoms with Crippen LogP contribution in [-0.4, -0.2) is 5.11 Å². The summed E-state index contributed by atoms with van der Waals surface area (Å²) in [5.74, 6) is 1.23. The Kier molecular flexibility index (Phi) is 3.10. The van der Waals surface area contributed by atoms with E-state index in [0.717, 1.165) is 5.92 Å². The Balaban J connectivity index is 2.12. The molecule has 0 aliphatic heterocycles. The highest BCUT2D eigenvalue weighted by atomic mass is 16.3. The van der Waals surface area contributed by atoms with Crippen LogP contribution in [0, 0.1) is 5.92 Å². The third-order valence-corrected chi connectivity index (χ3v) is 3.33. The third kappa shape index (κ3) is 2.41. The highest BCUT2D eigenvalue weighted by Gasteiger charge is 2.13. The van der Waals surface area contributed by atoms with Crippen LogP contribution in [0.15, 0.2) is 30.3 Å². The summed E-state index contributed by atoms with van der Waals surface area (Å²) in [6.07, 6.45) is 7.36. The zero-order valence-corrected chi connectivity index (χ0v) is 9.24. The fourth-order valence-electron chi connectivity index (χ4n) is 2.20. The minimum atomic E-state index is 0.349. The molecule has 0 unspecified atom stereocenters. The average molecular weight is 202 g/mol. The molecule has 15 heavy (non-hydrogen) atoms. The normalized spacial score (nSPS) is 21.1. The molecule has 0 heterocycles. The zero-order valence-electron chi connectivity index (χ0n) is 9.24. The van der Waals surface area contributed by atoms with E-state index in [1.165, 1.54) is 36.8 Å². The molecular formula is C14H18O. The molecule has 1 atom stereocenters. The van der Waals surface area contributed by atoms with E-state index in [2.05, 4.69) is 13.0 Å². The maximum absolute atomic E-state index is 9.22. The summed E-state index contributed by atoms with van der Waals surface area (Å²) < 4.78 is 0. The predicted molar refractivity (Wildman–Crippen MR) is 63.7 cm³/mol. The van der Waals surface area contributed by atoms with Crippen LogP contribution in [0.2, 0.25) is 0 Å². The third-order valence-electron chi connectivity index (χ3n) is 3.33. The van der Waals surface area contributed by atoms with Crippen LogP contribution in [0.25, 0.3) is 5.57 Å². The van der Waals surface area contributed by atoms with Gasteiger partial charge in [0.05, 0.1) is 0 Å². The van der Waals surface area contributed by atoms with Gasteiger partial charge in [-0.05, 0) is 48.4 Å². The molecule has 0 saturated heterocycles. The van der Waals surface area contributed by atoms with Crippen molar-refractivity contribution in [1.29, 1.82) is 0 Å². The first-order valence-corrected chi connectivity index (χ1v) is 5.78. The molecule has 80 valence electrons. The van der Waals surface area contributed by atoms with Gasteiger partial charge in [0.2, 0.25) is 0 Å². The van der Waals surface area contributed by atoms with Crippen molar-refractivity contribution in [2.75, 3.05) is 0 Å². The summed E-state index contributed by atoms with van der Waals surface area (Å²) in [4.78, 5) is 0. The van der Waals surface area contributed by atoms with E-state index in [0.29, 0.717) is 5.75 Å². The minimum absolute atomic E-state index is 0.349. The van der Waals surface area contributed by atoms with Crippen molar-refractivity contribution in [2.24, 2.45) is 5.92 Å². The fourth-order valence-corrected chi connectivity index (χ4v) is 2.20. The van der Waals surface area contributed by atoms with Crippen LogP contribution >= 0.6 is 0 Å². The van der Waals surface area contributed by atoms with Crippen LogP contribution in [0.4, 0.5) is 0 Å². The molecule has 1 aliphatic rings. The standard InChI is InChI=1S/C14H18O/c1-2-11-3-5-12(6-4-11)13-7-9-14(15)10-8-13/h5,7-11,15H,2-4,6H2,1H3/t11-/m1/s1. The summed E-state index contributed by atoms with van der Waals surface area (Å²) in [7, 11) is 0. The van der Waals surface area contributed by atoms with E-state index in [4.69, 9.17) is 0 Å². The Morgan fingerprint density at radius 3 is 2.53 bits per heavy atom. The largest absolute Gasteiger partial charge is 0.508 e. The molecule has 0 fully saturated rings. The van der Waals surface area contributed by atoms with Gasteiger partial charge in [0, 0.05) is 0 Å². The quantitative estimate of drug-likeness (QED) is 0.769. The van der Waals surface area contributed by atoms with Crippen LogP contribution in [0.1, 0.15) is 38.2 Å². The maximum Gasteiger partial charge on any atom is 0.115 e. The summed E-state index contributed by atoms with van der Waals surface area (Å²) in [6, 6.07) is 7.55. The molecule has 0 radical (unpaired) electrons. The molecule has 1 nitrogen and oxygen atoms in total. The van der Waals surface area contributed by atoms with Gasteiger partial charge in [0.15, 0.2) is 0 Å². The van der Waals surface area contributed by atoms with Crippen molar-refractivity contribution in [3.63, 3.8) is 0 Å². The minimum Gasteiger partial charge on any atom is -0.508 e. The molecular weight excluding hydrogens is 184 g/mol. The first-order valence-electron chi connectivity index (χ1n) is 5.78. The number of benzene rings is 1. The van der Waals surface area contributed by atoms with Gasteiger partial charge in [-0.1, -0.05) is 31.6 Å². The Labute approximate surface area is 91.4 Å². The monoisotopic (exact) mass is 202 g/mol. The lowest BCUT2D eigenvalue weighted by atomic mass is 9.85. The van der Waals surface area contributed by atoms with Crippen molar-refractivity contribution in [1.82, 2.24) is 0 Å². The fraction of sp³-hybridized carbons (Fsp3) is 0.429. The molecule has 0 aromatic heterocycles. The van der Waals surface area contributed by atoms with E-state index in [1.807, 2.05) is 12.1 Å². The first-order chi connectivity index (χ1) is 7.29. The van der Waals surface area contributed by atoms with Crippen molar-refractivity contribution >= 4 is 5.57 Å². The van der Waals surface area contributed by atoms with Gasteiger partial charge in [0.1, 0.15) is 5.75 Å². The predicted octanol–water partition coefficient (Wildman–Crippen LogP) is 3.99. The second-order valence-corrected chi connectivity index (χ2v) is 4.32. The second-order valence-electron chi connectivity index (χ2n) is 4.32. The highest BCUT2D eigenvalue weighted by molar-refractivity contribution is 5.66. The molecule has 1 aromatic carbocycles. The van der Waals surface area contributed by atoms with Gasteiger partial charge in [-0.3, -0.25) is 0 Å². The van der Waals surface area contributed by atoms with E-state index < -0.39 is 0 Å². The van der Waals surface area contributed by atoms with E-state index in [-0.39, 0.29) is 0 Å². The van der Waals surface area contributed by atoms with Crippen LogP contribution in [0.3, 0.4) is 0 Å². The Morgan fingerprint density at radius 2 is 2.00 bits per heavy atom. The molecule has 0 saturated carbocycles. The molecule has 1 aromatic rings. The number of hydrogen-bond donors (Lipinski definition) is 1. The van der Waals surface area contributed by atoms with Gasteiger partial charge >= 0.3 is 0 Å². The van der Waals surface area contributed by atoms with Gasteiger partial charge < -0.3 is 5.11 Å². The van der Waals surface area contributed by atoms with E-state index in [1.54, 1.807) is 12.1 Å². The Hall–Kier alpha value is -1.24. The summed E-state index contributed by atoms with van der Waals surface area (Å²) in [5.41, 5.74) is 2.71. The lowest BCUT2D eigenvalue weighted by Gasteiger charge is -2.20. The van der Waals surface area contributed by atoms with Gasteiger partial charge in [-0.2, -0.15) is 0 Å². The lowest BCUT2D eigenvalue weighted by molar-refractivity contribution is 0.470. The summed E-state index contributed by atoms with van der Waals surface area (Å²) in [6.45, 7) is 2.27. The number of hydrogen-bond acceptors (Lipinski definition) is 1. The highest BCUT2D eigenvalue weighted by Crippen LogP contribution is 2.31. The van der Waals surface area contributed by atoms with Crippen molar-refractivity contribution < 1.29 is 5.11 Å². The number of phenolic OH excluding ortho intramolecular Hbond substituents is 1. The molecule has 0 bridgehead atoms. The van der Waals surface area contributed by atoms with E-state index in [9.17, 15) is 5.11 Å². The topological polar surface area (TPSA) is 20.2 Å². The number of allylic oxidation sites excluding steroid dienone is 2. The smallest absolute Gasteiger partial charge is 0.115 e. The average Bonchev–Trinajstić information content (AvgIpc) is 2.30. The summed E-state index contributed by atoms with van der Waals surface area (Å²) in [5, 5.41) is 9.22. The summed E-state index contributed by atoms with van der Waals surface area (Å²) >= 11 is 0. The second kappa shape index (κ2) is 4.52. The Bertz CT molecular complexity index is 348. The molecule has 0 amide bonds. The molecule has 1 heteroatoms. The zero-order chi connectivity index (χ0) is 10.7. The van der Waals surface area contributed by atoms with Gasteiger partial charge in [0.25, 0.3) is 0 Å². The lowest BCUT2D eigenvalue weighted by Crippen LogP contribution is -2.03. The van der Waals surface area contributed by atoms with Crippen molar-refractivity contribution in [3.8, 4) is 5.75 Å². The number of phenols is 1. The number of rotatable bonds is 2. The van der Waals surface area contributed by atoms with Crippen LogP contribution in [0.5, 0.6) is 5.75 Å². The number of aromatic hydroxyl groups is 1. The van der Waals surface area contributed by atoms with Gasteiger partial charge in [-0.25, -0.2) is 0 Å². The van der Waals surface area contributed by atoms with Crippen molar-refractivity contribution in [2.45, 2.75) is 32.6 Å². The first kappa shape index (κ1) is 10.3. The van der Waals surface area contributed by atoms with E-state index >= 15 is 0 Å². The molecule has 2 rings (SSSR count).